The predicted octanol–water partition coefficient (Wildman–Crippen LogP) is 1.32. The van der Waals surface area contributed by atoms with Crippen molar-refractivity contribution < 1.29 is 9.32 Å². The largest absolute Gasteiger partial charge is 0.361 e. The third-order valence-electron chi connectivity index (χ3n) is 3.13. The van der Waals surface area contributed by atoms with E-state index < -0.39 is 0 Å². The van der Waals surface area contributed by atoms with Crippen LogP contribution in [0.5, 0.6) is 0 Å². The Bertz CT molecular complexity index is 399. The summed E-state index contributed by atoms with van der Waals surface area (Å²) in [5, 5.41) is 6.80. The molecule has 0 aliphatic carbocycles. The lowest BCUT2D eigenvalue weighted by atomic mass is 9.86. The van der Waals surface area contributed by atoms with E-state index in [2.05, 4.69) is 31.2 Å². The molecule has 1 heterocycles. The Balaban J connectivity index is 2.67. The van der Waals surface area contributed by atoms with Gasteiger partial charge in [-0.25, -0.2) is 0 Å². The minimum atomic E-state index is -0.0524. The number of carbonyl (C=O) groups is 1. The Hall–Kier alpha value is -1.36. The molecule has 5 nitrogen and oxygen atoms in total. The van der Waals surface area contributed by atoms with Gasteiger partial charge in [0.25, 0.3) is 0 Å². The fraction of sp³-hybridized carbons (Fsp3) is 0.692. The SMILES string of the molecule is Cc1noc(C)c1CC(=O)NC(CN)C(C)(C)C. The van der Waals surface area contributed by atoms with Crippen molar-refractivity contribution in [1.29, 1.82) is 0 Å². The first kappa shape index (κ1) is 14.7. The maximum absolute atomic E-state index is 12.0. The van der Waals surface area contributed by atoms with E-state index in [4.69, 9.17) is 10.3 Å². The molecular formula is C13H23N3O2. The number of hydrogen-bond acceptors (Lipinski definition) is 4. The molecule has 0 aliphatic heterocycles. The van der Waals surface area contributed by atoms with Gasteiger partial charge in [-0.1, -0.05) is 25.9 Å². The van der Waals surface area contributed by atoms with Crippen LogP contribution < -0.4 is 11.1 Å². The average molecular weight is 253 g/mol. The Labute approximate surface area is 108 Å². The van der Waals surface area contributed by atoms with Crippen molar-refractivity contribution in [2.45, 2.75) is 47.1 Å². The standard InChI is InChI=1S/C13H23N3O2/c1-8-10(9(2)18-16-8)6-12(17)15-11(7-14)13(3,4)5/h11H,6-7,14H2,1-5H3,(H,15,17). The molecule has 1 rings (SSSR count). The molecule has 0 saturated carbocycles. The van der Waals surface area contributed by atoms with E-state index in [0.717, 1.165) is 11.3 Å². The van der Waals surface area contributed by atoms with Crippen molar-refractivity contribution in [2.75, 3.05) is 6.54 Å². The van der Waals surface area contributed by atoms with Crippen LogP contribution in [0.15, 0.2) is 4.52 Å². The van der Waals surface area contributed by atoms with E-state index >= 15 is 0 Å². The minimum absolute atomic E-state index is 0.0366. The molecule has 0 bridgehead atoms. The zero-order chi connectivity index (χ0) is 13.9. The summed E-state index contributed by atoms with van der Waals surface area (Å²) >= 11 is 0. The van der Waals surface area contributed by atoms with Gasteiger partial charge in [-0.3, -0.25) is 4.79 Å². The van der Waals surface area contributed by atoms with Crippen LogP contribution in [0.2, 0.25) is 0 Å². The fourth-order valence-corrected chi connectivity index (χ4v) is 1.79. The van der Waals surface area contributed by atoms with Gasteiger partial charge in [0.1, 0.15) is 5.76 Å². The molecule has 0 aromatic carbocycles. The van der Waals surface area contributed by atoms with Crippen molar-refractivity contribution >= 4 is 5.91 Å². The molecule has 0 fully saturated rings. The highest BCUT2D eigenvalue weighted by atomic mass is 16.5. The molecule has 5 heteroatoms. The van der Waals surface area contributed by atoms with Crippen molar-refractivity contribution in [3.8, 4) is 0 Å². The maximum Gasteiger partial charge on any atom is 0.224 e. The van der Waals surface area contributed by atoms with E-state index in [1.165, 1.54) is 0 Å². The normalized spacial score (nSPS) is 13.4. The number of nitrogens with one attached hydrogen (secondary N) is 1. The van der Waals surface area contributed by atoms with Crippen molar-refractivity contribution in [1.82, 2.24) is 10.5 Å². The second-order valence-corrected chi connectivity index (χ2v) is 5.70. The van der Waals surface area contributed by atoms with Gasteiger partial charge in [0.2, 0.25) is 5.91 Å². The van der Waals surface area contributed by atoms with E-state index in [-0.39, 0.29) is 23.8 Å². The second kappa shape index (κ2) is 5.52. The summed E-state index contributed by atoms with van der Waals surface area (Å²) in [6.45, 7) is 10.2. The van der Waals surface area contributed by atoms with Crippen LogP contribution in [0, 0.1) is 19.3 Å². The first-order chi connectivity index (χ1) is 8.25. The van der Waals surface area contributed by atoms with Crippen LogP contribution in [0.4, 0.5) is 0 Å². The number of hydrogen-bond donors (Lipinski definition) is 2. The Morgan fingerprint density at radius 3 is 2.44 bits per heavy atom. The highest BCUT2D eigenvalue weighted by Crippen LogP contribution is 2.19. The van der Waals surface area contributed by atoms with Crippen LogP contribution in [-0.2, 0) is 11.2 Å². The van der Waals surface area contributed by atoms with Crippen LogP contribution in [0.3, 0.4) is 0 Å². The third-order valence-corrected chi connectivity index (χ3v) is 3.13. The van der Waals surface area contributed by atoms with E-state index in [1.54, 1.807) is 0 Å². The molecule has 0 spiro atoms. The Morgan fingerprint density at radius 1 is 1.44 bits per heavy atom. The van der Waals surface area contributed by atoms with Gasteiger partial charge in [0, 0.05) is 18.2 Å². The summed E-state index contributed by atoms with van der Waals surface area (Å²) in [6, 6.07) is -0.0366. The van der Waals surface area contributed by atoms with Crippen molar-refractivity contribution in [2.24, 2.45) is 11.1 Å². The molecule has 1 unspecified atom stereocenters. The van der Waals surface area contributed by atoms with Crippen LogP contribution in [-0.4, -0.2) is 23.7 Å². The topological polar surface area (TPSA) is 81.2 Å². The smallest absolute Gasteiger partial charge is 0.224 e. The minimum Gasteiger partial charge on any atom is -0.361 e. The highest BCUT2D eigenvalue weighted by Gasteiger charge is 2.25. The molecule has 102 valence electrons. The number of aryl methyl sites for hydroxylation is 2. The number of aromatic nitrogens is 1. The van der Waals surface area contributed by atoms with Gasteiger partial charge in [0.15, 0.2) is 0 Å². The predicted molar refractivity (Wildman–Crippen MR) is 70.1 cm³/mol. The summed E-state index contributed by atoms with van der Waals surface area (Å²) in [7, 11) is 0. The molecule has 18 heavy (non-hydrogen) atoms. The zero-order valence-corrected chi connectivity index (χ0v) is 11.8. The first-order valence-corrected chi connectivity index (χ1v) is 6.17. The molecule has 3 N–H and O–H groups in total. The lowest BCUT2D eigenvalue weighted by Crippen LogP contribution is -2.48. The monoisotopic (exact) mass is 253 g/mol. The summed E-state index contributed by atoms with van der Waals surface area (Å²) in [6.07, 6.45) is 0.285. The lowest BCUT2D eigenvalue weighted by Gasteiger charge is -2.30. The Morgan fingerprint density at radius 2 is 2.06 bits per heavy atom. The van der Waals surface area contributed by atoms with Gasteiger partial charge in [-0.15, -0.1) is 0 Å². The number of nitrogens with two attached hydrogens (primary N) is 1. The van der Waals surface area contributed by atoms with Crippen molar-refractivity contribution in [3.63, 3.8) is 0 Å². The maximum atomic E-state index is 12.0. The highest BCUT2D eigenvalue weighted by molar-refractivity contribution is 5.79. The molecule has 1 atom stereocenters. The van der Waals surface area contributed by atoms with Gasteiger partial charge in [0.05, 0.1) is 12.1 Å². The summed E-state index contributed by atoms with van der Waals surface area (Å²) in [5.74, 6) is 0.650. The summed E-state index contributed by atoms with van der Waals surface area (Å²) in [5.41, 5.74) is 7.27. The van der Waals surface area contributed by atoms with Gasteiger partial charge < -0.3 is 15.6 Å². The number of amides is 1. The third kappa shape index (κ3) is 3.57. The fourth-order valence-electron chi connectivity index (χ4n) is 1.79. The van der Waals surface area contributed by atoms with Crippen LogP contribution >= 0.6 is 0 Å². The molecule has 1 aromatic rings. The molecular weight excluding hydrogens is 230 g/mol. The van der Waals surface area contributed by atoms with Crippen molar-refractivity contribution in [3.05, 3.63) is 17.0 Å². The molecule has 0 aliphatic rings. The molecule has 0 saturated heterocycles. The van der Waals surface area contributed by atoms with Gasteiger partial charge >= 0.3 is 0 Å². The van der Waals surface area contributed by atoms with E-state index in [9.17, 15) is 4.79 Å². The number of carbonyl (C=O) groups excluding carboxylic acids is 1. The quantitative estimate of drug-likeness (QED) is 0.848. The molecule has 0 radical (unpaired) electrons. The number of nitrogens with zero attached hydrogens (tertiary/aromatic N) is 1. The van der Waals surface area contributed by atoms with Gasteiger partial charge in [-0.05, 0) is 19.3 Å². The molecule has 1 amide bonds. The second-order valence-electron chi connectivity index (χ2n) is 5.70. The Kier molecular flexibility index (Phi) is 4.51. The summed E-state index contributed by atoms with van der Waals surface area (Å²) < 4.78 is 5.04. The van der Waals surface area contributed by atoms with Crippen LogP contribution in [0.25, 0.3) is 0 Å². The molecule has 1 aromatic heterocycles. The number of rotatable bonds is 4. The van der Waals surface area contributed by atoms with E-state index in [1.807, 2.05) is 13.8 Å². The first-order valence-electron chi connectivity index (χ1n) is 6.17. The van der Waals surface area contributed by atoms with Crippen LogP contribution in [0.1, 0.15) is 37.8 Å². The van der Waals surface area contributed by atoms with Gasteiger partial charge in [-0.2, -0.15) is 0 Å². The summed E-state index contributed by atoms with van der Waals surface area (Å²) in [4.78, 5) is 12.0. The average Bonchev–Trinajstić information content (AvgIpc) is 2.56. The lowest BCUT2D eigenvalue weighted by molar-refractivity contribution is -0.121. The zero-order valence-electron chi connectivity index (χ0n) is 11.8. The van der Waals surface area contributed by atoms with E-state index in [0.29, 0.717) is 12.3 Å².